The monoisotopic (exact) mass is 1410 g/mol. The molecule has 12 nitrogen and oxygen atoms in total. The summed E-state index contributed by atoms with van der Waals surface area (Å²) in [6.07, 6.45) is 4.16. The molecule has 6 N–H and O–H groups in total. The number of aliphatic hydroxyl groups is 1. The Balaban J connectivity index is 0.000000264. The van der Waals surface area contributed by atoms with Gasteiger partial charge in [-0.25, -0.2) is 4.21 Å². The van der Waals surface area contributed by atoms with Crippen molar-refractivity contribution in [1.29, 1.82) is 0 Å². The van der Waals surface area contributed by atoms with Gasteiger partial charge >= 0.3 is 23.9 Å². The zero-order valence-electron chi connectivity index (χ0n) is 53.1. The minimum atomic E-state index is -1.67. The van der Waals surface area contributed by atoms with E-state index in [1.807, 2.05) is 91.0 Å². The summed E-state index contributed by atoms with van der Waals surface area (Å²) in [5.74, 6) is -1.06. The molecule has 0 aliphatic heterocycles. The number of benzene rings is 12. The number of rotatable bonds is 17. The number of ether oxygens (including phenoxy) is 3. The first-order valence-corrected chi connectivity index (χ1v) is 33.9. The molecule has 12 aromatic carbocycles. The number of hydrogen-bond donors (Lipinski definition) is 4. The molecule has 0 radical (unpaired) electrons. The van der Waals surface area contributed by atoms with Gasteiger partial charge < -0.3 is 35.9 Å². The molecule has 0 spiro atoms. The van der Waals surface area contributed by atoms with Crippen molar-refractivity contribution < 1.29 is 47.8 Å². The number of aliphatic hydroxyl groups excluding tert-OH is 1. The average Bonchev–Trinajstić information content (AvgIpc) is 0.815. The molecule has 0 unspecified atom stereocenters. The molecule has 0 bridgehead atoms. The fourth-order valence-electron chi connectivity index (χ4n) is 10.2. The van der Waals surface area contributed by atoms with Crippen LogP contribution in [0.3, 0.4) is 0 Å². The summed E-state index contributed by atoms with van der Waals surface area (Å²) in [4.78, 5) is 44.1. The number of esters is 3. The van der Waals surface area contributed by atoms with Crippen molar-refractivity contribution in [2.24, 2.45) is 11.5 Å². The summed E-state index contributed by atoms with van der Waals surface area (Å²) >= 11 is 6.08. The first kappa shape index (κ1) is 80.0. The number of carbonyl (C=O) groups is 4. The molecule has 502 valence electrons. The normalized spacial score (nSPS) is 10.1. The molecule has 96 heavy (non-hydrogen) atoms. The Bertz CT molecular complexity index is 4000. The Morgan fingerprint density at radius 3 is 0.844 bits per heavy atom. The van der Waals surface area contributed by atoms with Crippen molar-refractivity contribution in [3.8, 4) is 0 Å². The smallest absolute Gasteiger partial charge is 0.320 e. The van der Waals surface area contributed by atoms with Crippen LogP contribution in [0.1, 0.15) is 66.0 Å². The number of carboxylic acids is 1. The van der Waals surface area contributed by atoms with Crippen LogP contribution in [0.5, 0.6) is 0 Å². The van der Waals surface area contributed by atoms with Crippen molar-refractivity contribution in [3.05, 3.63) is 288 Å². The number of halogens is 5. The van der Waals surface area contributed by atoms with Gasteiger partial charge in [0, 0.05) is 46.7 Å². The quantitative estimate of drug-likeness (QED) is 0.0221. The number of carboxylic acid groups (broad SMARTS) is 1. The van der Waals surface area contributed by atoms with Crippen LogP contribution in [0.15, 0.2) is 255 Å². The van der Waals surface area contributed by atoms with Gasteiger partial charge in [-0.1, -0.05) is 237 Å². The van der Waals surface area contributed by atoms with Gasteiger partial charge in [-0.3, -0.25) is 19.2 Å². The first-order chi connectivity index (χ1) is 45.8. The third-order valence-corrected chi connectivity index (χ3v) is 14.7. The van der Waals surface area contributed by atoms with Crippen molar-refractivity contribution in [2.75, 3.05) is 19.7 Å². The molecule has 0 atom stereocenters. The average molecular weight is 1410 g/mol. The Labute approximate surface area is 589 Å². The van der Waals surface area contributed by atoms with E-state index in [1.165, 1.54) is 81.3 Å². The summed E-state index contributed by atoms with van der Waals surface area (Å²) in [5.41, 5.74) is 16.5. The van der Waals surface area contributed by atoms with Gasteiger partial charge in [0.15, 0.2) is 0 Å². The molecule has 18 heteroatoms. The van der Waals surface area contributed by atoms with E-state index >= 15 is 0 Å². The highest BCUT2D eigenvalue weighted by atomic mass is 36.0. The molecule has 0 aromatic heterocycles. The maximum absolute atomic E-state index is 12.1. The van der Waals surface area contributed by atoms with Gasteiger partial charge in [0.05, 0.1) is 13.1 Å². The number of aliphatic carboxylic acids is 1. The lowest BCUT2D eigenvalue weighted by molar-refractivity contribution is -0.146. The topological polar surface area (TPSA) is 206 Å². The van der Waals surface area contributed by atoms with Crippen LogP contribution < -0.4 is 11.5 Å². The summed E-state index contributed by atoms with van der Waals surface area (Å²) in [7, 11) is 7.36. The van der Waals surface area contributed by atoms with E-state index in [4.69, 9.17) is 46.0 Å². The van der Waals surface area contributed by atoms with Crippen LogP contribution >= 0.6 is 57.8 Å². The van der Waals surface area contributed by atoms with Crippen LogP contribution in [0.2, 0.25) is 0 Å². The summed E-state index contributed by atoms with van der Waals surface area (Å²) in [6.45, 7) is 2.58. The number of nitrogens with two attached hydrogens (primary N) is 2. The first-order valence-electron chi connectivity index (χ1n) is 30.6. The highest BCUT2D eigenvalue weighted by Gasteiger charge is 2.12. The number of alkyl halides is 1. The zero-order chi connectivity index (χ0) is 67.3. The second-order valence-corrected chi connectivity index (χ2v) is 23.8. The number of carbonyl (C=O) groups excluding carboxylic acids is 3. The molecule has 12 rings (SSSR count). The summed E-state index contributed by atoms with van der Waals surface area (Å²) < 4.78 is 24.7. The molecule has 0 saturated heterocycles. The zero-order valence-corrected chi connectivity index (χ0v) is 57.8. The van der Waals surface area contributed by atoms with Gasteiger partial charge in [-0.2, -0.15) is 0 Å². The van der Waals surface area contributed by atoms with Gasteiger partial charge in [0.25, 0.3) is 0 Å². The molecule has 0 heterocycles. The fourth-order valence-corrected chi connectivity index (χ4v) is 10.5. The summed E-state index contributed by atoms with van der Waals surface area (Å²) in [5, 5.41) is 30.3. The van der Waals surface area contributed by atoms with Crippen molar-refractivity contribution in [1.82, 2.24) is 0 Å². The SMILES string of the molecule is CCO.Cl.Cl.ClCc1c2ccccc2cc2ccccc12.NCC(=O)O.NCC(=O)OCc1ccccc1.O=C(CCCc1c2ccccc2cc2ccccc12)OCc1ccccc1.O=C(CCCc1c2ccccc2cc2ccccc12)OCc1ccccc1.O=S(Cl)Cl. The maximum atomic E-state index is 12.1. The van der Waals surface area contributed by atoms with E-state index in [9.17, 15) is 19.2 Å². The maximum Gasteiger partial charge on any atom is 0.320 e. The van der Waals surface area contributed by atoms with Crippen LogP contribution in [0, 0.1) is 0 Å². The van der Waals surface area contributed by atoms with E-state index in [2.05, 4.69) is 191 Å². The minimum absolute atomic E-state index is 0. The van der Waals surface area contributed by atoms with Crippen molar-refractivity contribution in [3.63, 3.8) is 0 Å². The lowest BCUT2D eigenvalue weighted by Gasteiger charge is -2.11. The Hall–Kier alpha value is -8.44. The van der Waals surface area contributed by atoms with Gasteiger partial charge in [0.2, 0.25) is 9.23 Å². The van der Waals surface area contributed by atoms with E-state index < -0.39 is 15.2 Å². The van der Waals surface area contributed by atoms with Crippen molar-refractivity contribution >= 4 is 156 Å². The molecule has 12 aromatic rings. The lowest BCUT2D eigenvalue weighted by atomic mass is 9.93. The second kappa shape index (κ2) is 45.1. The fraction of sp³-hybridized carbons (Fsp3) is 0.179. The molecule has 0 amide bonds. The molecular weight excluding hydrogens is 1330 g/mol. The standard InChI is InChI=1S/2C25H22O2.C15H11Cl.C9H11NO2.C2H5NO2.C2H6O.Cl2OS.2ClH/c2*26-25(27-18-19-9-2-1-3-10-19)16-8-15-24-22-13-6-4-11-20(22)17-21-12-5-7-14-23(21)24;16-10-15-13-7-3-1-5-11(13)9-12-6-2-4-8-14(12)15;10-6-9(11)12-7-8-4-2-1-3-5-8;3-1-2(4)5;1-2-3;1-4(2)3;;/h2*1-7,9-14,17H,8,15-16,18H2;1-9H,10H2;1-5H,6-7,10H2;1,3H2,(H,4,5);3H,2H2,1H3;;2*1H. The van der Waals surface area contributed by atoms with Crippen molar-refractivity contribution in [2.45, 2.75) is 71.1 Å². The molecule has 0 saturated carbocycles. The van der Waals surface area contributed by atoms with E-state index in [0.717, 1.165) is 42.4 Å². The van der Waals surface area contributed by atoms with Gasteiger partial charge in [-0.15, -0.1) is 36.4 Å². The number of fused-ring (bicyclic) bond motifs is 6. The third-order valence-electron chi connectivity index (χ3n) is 14.5. The predicted molar refractivity (Wildman–Crippen MR) is 401 cm³/mol. The third kappa shape index (κ3) is 27.0. The van der Waals surface area contributed by atoms with E-state index in [0.29, 0.717) is 38.5 Å². The Kier molecular flexibility index (Phi) is 37.6. The Morgan fingerprint density at radius 2 is 0.615 bits per heavy atom. The van der Waals surface area contributed by atoms with E-state index in [-0.39, 0.29) is 62.4 Å². The Morgan fingerprint density at radius 1 is 0.396 bits per heavy atom. The second-order valence-electron chi connectivity index (χ2n) is 21.0. The van der Waals surface area contributed by atoms with E-state index in [1.54, 1.807) is 6.92 Å². The van der Waals surface area contributed by atoms with Crippen LogP contribution in [0.4, 0.5) is 0 Å². The van der Waals surface area contributed by atoms with Gasteiger partial charge in [0.1, 0.15) is 19.8 Å². The lowest BCUT2D eigenvalue weighted by Crippen LogP contribution is -2.16. The van der Waals surface area contributed by atoms with Crippen LogP contribution in [0.25, 0.3) is 64.6 Å². The predicted octanol–water partition coefficient (Wildman–Crippen LogP) is 18.5. The highest BCUT2D eigenvalue weighted by Crippen LogP contribution is 2.32. The van der Waals surface area contributed by atoms with Crippen LogP contribution in [-0.2, 0) is 81.2 Å². The highest BCUT2D eigenvalue weighted by molar-refractivity contribution is 8.26. The molecule has 0 aliphatic rings. The molecular formula is C78H79Cl5N2O10S. The number of hydrogen-bond acceptors (Lipinski definition) is 11. The molecule has 0 fully saturated rings. The van der Waals surface area contributed by atoms with Crippen LogP contribution in [-0.4, -0.2) is 58.0 Å². The van der Waals surface area contributed by atoms with Gasteiger partial charge in [-0.05, 0) is 149 Å². The largest absolute Gasteiger partial charge is 0.480 e. The molecule has 0 aliphatic carbocycles. The summed E-state index contributed by atoms with van der Waals surface area (Å²) in [6, 6.07) is 86.5. The number of aryl methyl sites for hydroxylation is 2. The minimum Gasteiger partial charge on any atom is -0.480 e.